The van der Waals surface area contributed by atoms with Crippen LogP contribution >= 0.6 is 0 Å². The maximum Gasteiger partial charge on any atom is 0.326 e. The second-order valence-electron chi connectivity index (χ2n) is 4.78. The van der Waals surface area contributed by atoms with Crippen LogP contribution in [0.2, 0.25) is 0 Å². The molecule has 0 aromatic carbocycles. The van der Waals surface area contributed by atoms with E-state index in [1.165, 1.54) is 7.11 Å². The van der Waals surface area contributed by atoms with Crippen LogP contribution in [-0.4, -0.2) is 42.8 Å². The number of aliphatic carboxylic acids is 1. The molecule has 0 spiro atoms. The summed E-state index contributed by atoms with van der Waals surface area (Å²) in [5, 5.41) is 11.7. The molecule has 1 aliphatic carbocycles. The Morgan fingerprint density at radius 2 is 2.00 bits per heavy atom. The summed E-state index contributed by atoms with van der Waals surface area (Å²) in [6.45, 7) is 0.0861. The second kappa shape index (κ2) is 7.33. The standard InChI is InChI=1S/C12H22N2O4/c1-18-7-9(13)11(15)14-10(12(16)17)8-5-3-2-4-6-8/h8-10H,2-7,13H2,1H3,(H,14,15)(H,16,17). The molecule has 1 rings (SSSR count). The van der Waals surface area contributed by atoms with Gasteiger partial charge in [-0.25, -0.2) is 4.79 Å². The van der Waals surface area contributed by atoms with Gasteiger partial charge in [0.15, 0.2) is 0 Å². The third kappa shape index (κ3) is 4.27. The molecule has 6 nitrogen and oxygen atoms in total. The zero-order valence-electron chi connectivity index (χ0n) is 10.7. The van der Waals surface area contributed by atoms with Crippen molar-refractivity contribution in [3.8, 4) is 0 Å². The largest absolute Gasteiger partial charge is 0.480 e. The molecular weight excluding hydrogens is 236 g/mol. The smallest absolute Gasteiger partial charge is 0.326 e. The molecule has 1 amide bonds. The van der Waals surface area contributed by atoms with Crippen molar-refractivity contribution in [1.29, 1.82) is 0 Å². The molecule has 104 valence electrons. The average Bonchev–Trinajstić information content (AvgIpc) is 2.36. The first-order valence-corrected chi connectivity index (χ1v) is 6.34. The van der Waals surface area contributed by atoms with Gasteiger partial charge in [0.25, 0.3) is 0 Å². The summed E-state index contributed by atoms with van der Waals surface area (Å²) < 4.78 is 4.78. The zero-order valence-corrected chi connectivity index (χ0v) is 10.7. The van der Waals surface area contributed by atoms with Gasteiger partial charge in [0.2, 0.25) is 5.91 Å². The first-order chi connectivity index (χ1) is 8.56. The van der Waals surface area contributed by atoms with Crippen LogP contribution in [0.15, 0.2) is 0 Å². The van der Waals surface area contributed by atoms with Gasteiger partial charge < -0.3 is 20.9 Å². The molecule has 0 heterocycles. The molecule has 1 fully saturated rings. The van der Waals surface area contributed by atoms with E-state index >= 15 is 0 Å². The van der Waals surface area contributed by atoms with Crippen molar-refractivity contribution >= 4 is 11.9 Å². The molecule has 0 saturated heterocycles. The lowest BCUT2D eigenvalue weighted by atomic mass is 9.84. The van der Waals surface area contributed by atoms with Gasteiger partial charge in [0, 0.05) is 7.11 Å². The Morgan fingerprint density at radius 3 is 2.50 bits per heavy atom. The highest BCUT2D eigenvalue weighted by Crippen LogP contribution is 2.26. The number of nitrogens with two attached hydrogens (primary N) is 1. The van der Waals surface area contributed by atoms with E-state index in [4.69, 9.17) is 10.5 Å². The Morgan fingerprint density at radius 1 is 1.39 bits per heavy atom. The molecule has 0 bridgehead atoms. The minimum atomic E-state index is -0.986. The summed E-state index contributed by atoms with van der Waals surface area (Å²) in [6, 6.07) is -1.65. The number of carbonyl (C=O) groups excluding carboxylic acids is 1. The summed E-state index contributed by atoms with van der Waals surface area (Å²) in [4.78, 5) is 22.9. The number of carboxylic acids is 1. The van der Waals surface area contributed by atoms with Crippen LogP contribution in [0.25, 0.3) is 0 Å². The van der Waals surface area contributed by atoms with Crippen LogP contribution in [0, 0.1) is 5.92 Å². The van der Waals surface area contributed by atoms with E-state index in [1.54, 1.807) is 0 Å². The first kappa shape index (κ1) is 14.9. The number of methoxy groups -OCH3 is 1. The predicted octanol–water partition coefficient (Wildman–Crippen LogP) is 0.110. The minimum Gasteiger partial charge on any atom is -0.480 e. The van der Waals surface area contributed by atoms with Crippen LogP contribution in [0.4, 0.5) is 0 Å². The summed E-state index contributed by atoms with van der Waals surface area (Å²) >= 11 is 0. The maximum atomic E-state index is 11.7. The zero-order chi connectivity index (χ0) is 13.5. The SMILES string of the molecule is COCC(N)C(=O)NC(C(=O)O)C1CCCCC1. The number of carbonyl (C=O) groups is 2. The Bertz CT molecular complexity index is 290. The molecular formula is C12H22N2O4. The van der Waals surface area contributed by atoms with Crippen molar-refractivity contribution in [3.63, 3.8) is 0 Å². The Labute approximate surface area is 107 Å². The number of ether oxygens (including phenoxy) is 1. The van der Waals surface area contributed by atoms with E-state index in [1.807, 2.05) is 0 Å². The topological polar surface area (TPSA) is 102 Å². The van der Waals surface area contributed by atoms with Gasteiger partial charge in [-0.1, -0.05) is 19.3 Å². The van der Waals surface area contributed by atoms with Gasteiger partial charge >= 0.3 is 5.97 Å². The van der Waals surface area contributed by atoms with Crippen LogP contribution in [0.5, 0.6) is 0 Å². The van der Waals surface area contributed by atoms with Gasteiger partial charge in [-0.05, 0) is 18.8 Å². The molecule has 0 radical (unpaired) electrons. The lowest BCUT2D eigenvalue weighted by molar-refractivity contribution is -0.144. The summed E-state index contributed by atoms with van der Waals surface area (Å²) in [6.07, 6.45) is 4.87. The Balaban J connectivity index is 2.56. The van der Waals surface area contributed by atoms with Gasteiger partial charge in [0.05, 0.1) is 6.61 Å². The van der Waals surface area contributed by atoms with Gasteiger partial charge in [-0.3, -0.25) is 4.79 Å². The fourth-order valence-electron chi connectivity index (χ4n) is 2.36. The lowest BCUT2D eigenvalue weighted by Gasteiger charge is -2.28. The van der Waals surface area contributed by atoms with Crippen molar-refractivity contribution in [2.24, 2.45) is 11.7 Å². The van der Waals surface area contributed by atoms with Crippen molar-refractivity contribution < 1.29 is 19.4 Å². The predicted molar refractivity (Wildman–Crippen MR) is 66.0 cm³/mol. The number of hydrogen-bond acceptors (Lipinski definition) is 4. The van der Waals surface area contributed by atoms with Crippen molar-refractivity contribution in [2.45, 2.75) is 44.2 Å². The molecule has 2 unspecified atom stereocenters. The fraction of sp³-hybridized carbons (Fsp3) is 0.833. The van der Waals surface area contributed by atoms with Gasteiger partial charge in [-0.2, -0.15) is 0 Å². The number of nitrogens with one attached hydrogen (secondary N) is 1. The highest BCUT2D eigenvalue weighted by atomic mass is 16.5. The quantitative estimate of drug-likeness (QED) is 0.627. The van der Waals surface area contributed by atoms with Crippen molar-refractivity contribution in [2.75, 3.05) is 13.7 Å². The van der Waals surface area contributed by atoms with Crippen LogP contribution in [-0.2, 0) is 14.3 Å². The molecule has 2 atom stereocenters. The van der Waals surface area contributed by atoms with E-state index < -0.39 is 24.0 Å². The van der Waals surface area contributed by atoms with E-state index in [9.17, 15) is 14.7 Å². The molecule has 18 heavy (non-hydrogen) atoms. The Kier molecular flexibility index (Phi) is 6.07. The third-order valence-electron chi connectivity index (χ3n) is 3.37. The highest BCUT2D eigenvalue weighted by molar-refractivity contribution is 5.87. The maximum absolute atomic E-state index is 11.7. The Hall–Kier alpha value is -1.14. The minimum absolute atomic E-state index is 0.00921. The summed E-state index contributed by atoms with van der Waals surface area (Å²) in [7, 11) is 1.45. The van der Waals surface area contributed by atoms with Crippen LogP contribution in [0.3, 0.4) is 0 Å². The van der Waals surface area contributed by atoms with E-state index in [0.29, 0.717) is 0 Å². The number of amides is 1. The van der Waals surface area contributed by atoms with Crippen molar-refractivity contribution in [1.82, 2.24) is 5.32 Å². The van der Waals surface area contributed by atoms with Gasteiger partial charge in [0.1, 0.15) is 12.1 Å². The molecule has 6 heteroatoms. The van der Waals surface area contributed by atoms with E-state index in [0.717, 1.165) is 32.1 Å². The summed E-state index contributed by atoms with van der Waals surface area (Å²) in [5.74, 6) is -1.44. The molecule has 1 aliphatic rings. The fourth-order valence-corrected chi connectivity index (χ4v) is 2.36. The first-order valence-electron chi connectivity index (χ1n) is 6.34. The molecule has 1 saturated carbocycles. The monoisotopic (exact) mass is 258 g/mol. The van der Waals surface area contributed by atoms with Crippen LogP contribution < -0.4 is 11.1 Å². The van der Waals surface area contributed by atoms with Crippen molar-refractivity contribution in [3.05, 3.63) is 0 Å². The normalized spacial score (nSPS) is 20.1. The number of rotatable bonds is 6. The molecule has 0 aromatic rings. The number of carboxylic acid groups (broad SMARTS) is 1. The highest BCUT2D eigenvalue weighted by Gasteiger charge is 2.31. The van der Waals surface area contributed by atoms with E-state index in [-0.39, 0.29) is 12.5 Å². The molecule has 0 aromatic heterocycles. The third-order valence-corrected chi connectivity index (χ3v) is 3.37. The molecule has 4 N–H and O–H groups in total. The number of hydrogen-bond donors (Lipinski definition) is 3. The lowest BCUT2D eigenvalue weighted by Crippen LogP contribution is -2.53. The summed E-state index contributed by atoms with van der Waals surface area (Å²) in [5.41, 5.74) is 5.58. The van der Waals surface area contributed by atoms with Crippen LogP contribution in [0.1, 0.15) is 32.1 Å². The van der Waals surface area contributed by atoms with Gasteiger partial charge in [-0.15, -0.1) is 0 Å². The van der Waals surface area contributed by atoms with E-state index in [2.05, 4.69) is 5.32 Å². The average molecular weight is 258 g/mol. The second-order valence-corrected chi connectivity index (χ2v) is 4.78. The molecule has 0 aliphatic heterocycles.